The number of alkyl halides is 1. The lowest BCUT2D eigenvalue weighted by atomic mass is 10.1. The number of likely N-dealkylation sites (tertiary alicyclic amines) is 1. The Hall–Kier alpha value is -0.740. The van der Waals surface area contributed by atoms with Crippen molar-refractivity contribution in [1.29, 1.82) is 0 Å². The van der Waals surface area contributed by atoms with Gasteiger partial charge in [0.15, 0.2) is 0 Å². The molecule has 1 aliphatic rings. The normalized spacial score (nSPS) is 18.6. The van der Waals surface area contributed by atoms with Crippen molar-refractivity contribution in [2.75, 3.05) is 19.3 Å². The zero-order chi connectivity index (χ0) is 14.5. The fourth-order valence-electron chi connectivity index (χ4n) is 2.46. The second kappa shape index (κ2) is 7.32. The Kier molecular flexibility index (Phi) is 5.73. The Morgan fingerprint density at radius 3 is 2.40 bits per heavy atom. The molecule has 0 saturated carbocycles. The maximum atomic E-state index is 13.0. The SMILES string of the molecule is CS[C@@H](C(=O)N1CCCCC1)[C@H](Cl)c1ccc(F)cc1. The van der Waals surface area contributed by atoms with E-state index >= 15 is 0 Å². The van der Waals surface area contributed by atoms with Gasteiger partial charge in [0.25, 0.3) is 0 Å². The summed E-state index contributed by atoms with van der Waals surface area (Å²) in [6.45, 7) is 1.64. The zero-order valence-electron chi connectivity index (χ0n) is 11.5. The maximum absolute atomic E-state index is 13.0. The summed E-state index contributed by atoms with van der Waals surface area (Å²) in [5.74, 6) is -0.192. The number of piperidine rings is 1. The topological polar surface area (TPSA) is 20.3 Å². The van der Waals surface area contributed by atoms with Gasteiger partial charge in [0.1, 0.15) is 11.1 Å². The number of thioether (sulfide) groups is 1. The highest BCUT2D eigenvalue weighted by Gasteiger charge is 2.31. The second-order valence-corrected chi connectivity index (χ2v) is 6.45. The number of hydrogen-bond acceptors (Lipinski definition) is 2. The molecule has 1 amide bonds. The second-order valence-electron chi connectivity index (χ2n) is 5.00. The van der Waals surface area contributed by atoms with E-state index in [1.54, 1.807) is 12.1 Å². The predicted octanol–water partition coefficient (Wildman–Crippen LogP) is 3.85. The monoisotopic (exact) mass is 315 g/mol. The number of amides is 1. The minimum absolute atomic E-state index is 0.0986. The summed E-state index contributed by atoms with van der Waals surface area (Å²) in [5.41, 5.74) is 0.790. The number of benzene rings is 1. The van der Waals surface area contributed by atoms with E-state index in [0.29, 0.717) is 0 Å². The number of hydrogen-bond donors (Lipinski definition) is 0. The van der Waals surface area contributed by atoms with E-state index in [2.05, 4.69) is 0 Å². The van der Waals surface area contributed by atoms with Gasteiger partial charge in [-0.2, -0.15) is 11.8 Å². The molecule has 0 aliphatic carbocycles. The molecule has 0 bridgehead atoms. The molecule has 20 heavy (non-hydrogen) atoms. The first-order valence-electron chi connectivity index (χ1n) is 6.84. The van der Waals surface area contributed by atoms with Gasteiger partial charge in [-0.05, 0) is 43.2 Å². The maximum Gasteiger partial charge on any atom is 0.237 e. The smallest absolute Gasteiger partial charge is 0.237 e. The van der Waals surface area contributed by atoms with Crippen LogP contribution in [0.5, 0.6) is 0 Å². The van der Waals surface area contributed by atoms with E-state index in [1.165, 1.54) is 30.3 Å². The first-order chi connectivity index (χ1) is 9.63. The summed E-state index contributed by atoms with van der Waals surface area (Å²) >= 11 is 7.91. The molecular formula is C15H19ClFNOS. The van der Waals surface area contributed by atoms with Crippen molar-refractivity contribution in [2.45, 2.75) is 29.9 Å². The van der Waals surface area contributed by atoms with Crippen molar-refractivity contribution in [2.24, 2.45) is 0 Å². The predicted molar refractivity (Wildman–Crippen MR) is 82.7 cm³/mol. The summed E-state index contributed by atoms with van der Waals surface area (Å²) in [5, 5.41) is -0.750. The summed E-state index contributed by atoms with van der Waals surface area (Å²) in [6.07, 6.45) is 5.22. The van der Waals surface area contributed by atoms with Crippen molar-refractivity contribution in [1.82, 2.24) is 4.90 Å². The van der Waals surface area contributed by atoms with Gasteiger partial charge in [-0.25, -0.2) is 4.39 Å². The van der Waals surface area contributed by atoms with Crippen LogP contribution in [-0.4, -0.2) is 35.4 Å². The third-order valence-electron chi connectivity index (χ3n) is 3.62. The van der Waals surface area contributed by atoms with Crippen LogP contribution in [0.4, 0.5) is 4.39 Å². The van der Waals surface area contributed by atoms with E-state index in [1.807, 2.05) is 11.2 Å². The fraction of sp³-hybridized carbons (Fsp3) is 0.533. The van der Waals surface area contributed by atoms with Crippen LogP contribution in [0.3, 0.4) is 0 Å². The first kappa shape index (κ1) is 15.6. The highest BCUT2D eigenvalue weighted by molar-refractivity contribution is 8.00. The number of carbonyl (C=O) groups excluding carboxylic acids is 1. The highest BCUT2D eigenvalue weighted by Crippen LogP contribution is 2.33. The molecule has 110 valence electrons. The van der Waals surface area contributed by atoms with Gasteiger partial charge < -0.3 is 4.90 Å². The van der Waals surface area contributed by atoms with Gasteiger partial charge in [-0.1, -0.05) is 12.1 Å². The molecule has 0 aromatic heterocycles. The van der Waals surface area contributed by atoms with E-state index < -0.39 is 5.38 Å². The van der Waals surface area contributed by atoms with Gasteiger partial charge in [-0.3, -0.25) is 4.79 Å². The minimum atomic E-state index is -0.431. The standard InChI is InChI=1S/C15H19ClFNOS/c1-20-14(15(19)18-9-3-2-4-10-18)13(16)11-5-7-12(17)8-6-11/h5-8,13-14H,2-4,9-10H2,1H3/t13-,14-/m1/s1. The Bertz CT molecular complexity index is 448. The molecular weight excluding hydrogens is 297 g/mol. The molecule has 0 radical (unpaired) electrons. The summed E-state index contributed by atoms with van der Waals surface area (Å²) in [6, 6.07) is 6.07. The third-order valence-corrected chi connectivity index (χ3v) is 5.25. The van der Waals surface area contributed by atoms with Crippen LogP contribution >= 0.6 is 23.4 Å². The van der Waals surface area contributed by atoms with Gasteiger partial charge in [0.2, 0.25) is 5.91 Å². The zero-order valence-corrected chi connectivity index (χ0v) is 13.1. The fourth-order valence-corrected chi connectivity index (χ4v) is 3.77. The Morgan fingerprint density at radius 1 is 1.25 bits per heavy atom. The van der Waals surface area contributed by atoms with Crippen LogP contribution in [0.2, 0.25) is 0 Å². The molecule has 0 unspecified atom stereocenters. The summed E-state index contributed by atoms with van der Waals surface area (Å²) in [7, 11) is 0. The average molecular weight is 316 g/mol. The third kappa shape index (κ3) is 3.67. The van der Waals surface area contributed by atoms with Gasteiger partial charge in [-0.15, -0.1) is 11.6 Å². The molecule has 1 aromatic carbocycles. The molecule has 1 saturated heterocycles. The quantitative estimate of drug-likeness (QED) is 0.787. The van der Waals surface area contributed by atoms with E-state index in [9.17, 15) is 9.18 Å². The molecule has 1 aliphatic heterocycles. The molecule has 0 spiro atoms. The van der Waals surface area contributed by atoms with Crippen molar-refractivity contribution in [3.8, 4) is 0 Å². The first-order valence-corrected chi connectivity index (χ1v) is 8.57. The van der Waals surface area contributed by atoms with E-state index in [-0.39, 0.29) is 17.0 Å². The number of rotatable bonds is 4. The summed E-state index contributed by atoms with van der Waals surface area (Å²) < 4.78 is 13.0. The molecule has 1 aromatic rings. The molecule has 2 atom stereocenters. The minimum Gasteiger partial charge on any atom is -0.342 e. The van der Waals surface area contributed by atoms with Crippen LogP contribution in [0.25, 0.3) is 0 Å². The van der Waals surface area contributed by atoms with E-state index in [4.69, 9.17) is 11.6 Å². The lowest BCUT2D eigenvalue weighted by molar-refractivity contribution is -0.131. The van der Waals surface area contributed by atoms with Crippen LogP contribution in [0.1, 0.15) is 30.2 Å². The van der Waals surface area contributed by atoms with Crippen molar-refractivity contribution in [3.05, 3.63) is 35.6 Å². The van der Waals surface area contributed by atoms with Crippen molar-refractivity contribution < 1.29 is 9.18 Å². The number of halogens is 2. The molecule has 0 N–H and O–H groups in total. The number of nitrogens with zero attached hydrogens (tertiary/aromatic N) is 1. The van der Waals surface area contributed by atoms with Crippen molar-refractivity contribution in [3.63, 3.8) is 0 Å². The highest BCUT2D eigenvalue weighted by atomic mass is 35.5. The lowest BCUT2D eigenvalue weighted by Gasteiger charge is -2.31. The molecule has 2 nitrogen and oxygen atoms in total. The van der Waals surface area contributed by atoms with Crippen LogP contribution in [0.15, 0.2) is 24.3 Å². The Balaban J connectivity index is 2.09. The largest absolute Gasteiger partial charge is 0.342 e. The Morgan fingerprint density at radius 2 is 1.85 bits per heavy atom. The van der Waals surface area contributed by atoms with Gasteiger partial charge in [0.05, 0.1) is 5.38 Å². The molecule has 1 fully saturated rings. The van der Waals surface area contributed by atoms with Crippen LogP contribution in [0, 0.1) is 5.82 Å². The molecule has 1 heterocycles. The number of carbonyl (C=O) groups is 1. The lowest BCUT2D eigenvalue weighted by Crippen LogP contribution is -2.42. The average Bonchev–Trinajstić information content (AvgIpc) is 2.49. The van der Waals surface area contributed by atoms with Crippen LogP contribution < -0.4 is 0 Å². The van der Waals surface area contributed by atoms with Gasteiger partial charge in [0, 0.05) is 13.1 Å². The van der Waals surface area contributed by atoms with Crippen molar-refractivity contribution >= 4 is 29.3 Å². The Labute approximate surface area is 128 Å². The molecule has 2 rings (SSSR count). The van der Waals surface area contributed by atoms with Crippen LogP contribution in [-0.2, 0) is 4.79 Å². The van der Waals surface area contributed by atoms with Gasteiger partial charge >= 0.3 is 0 Å². The molecule has 5 heteroatoms. The van der Waals surface area contributed by atoms with E-state index in [0.717, 1.165) is 31.5 Å². The summed E-state index contributed by atoms with van der Waals surface area (Å²) in [4.78, 5) is 14.5.